The summed E-state index contributed by atoms with van der Waals surface area (Å²) in [4.78, 5) is 14.2. The summed E-state index contributed by atoms with van der Waals surface area (Å²) in [6.45, 7) is 0. The molecule has 0 spiro atoms. The molecule has 7 heteroatoms. The first kappa shape index (κ1) is 17.4. The van der Waals surface area contributed by atoms with Crippen molar-refractivity contribution in [3.63, 3.8) is 0 Å². The molecule has 1 amide bonds. The number of hydrogen-bond donors (Lipinski definition) is 1. The summed E-state index contributed by atoms with van der Waals surface area (Å²) < 4.78 is 32.9. The van der Waals surface area contributed by atoms with Gasteiger partial charge >= 0.3 is 0 Å². The maximum Gasteiger partial charge on any atom is 0.258 e. The normalized spacial score (nSPS) is 14.2. The first-order chi connectivity index (χ1) is 11.9. The van der Waals surface area contributed by atoms with Crippen LogP contribution in [-0.4, -0.2) is 34.5 Å². The molecule has 25 heavy (non-hydrogen) atoms. The van der Waals surface area contributed by atoms with Crippen molar-refractivity contribution in [3.8, 4) is 5.75 Å². The molecule has 0 heterocycles. The molecule has 2 aromatic carbocycles. The number of para-hydroxylation sites is 1. The zero-order valence-corrected chi connectivity index (χ0v) is 14.9. The Bertz CT molecular complexity index is 877. The van der Waals surface area contributed by atoms with Crippen molar-refractivity contribution in [2.24, 2.45) is 0 Å². The number of carbonyl (C=O) groups excluding carboxylic acids is 1. The van der Waals surface area contributed by atoms with Crippen LogP contribution in [-0.2, 0) is 10.0 Å². The fourth-order valence-corrected chi connectivity index (χ4v) is 3.97. The van der Waals surface area contributed by atoms with Crippen LogP contribution in [0.25, 0.3) is 0 Å². The number of anilines is 1. The lowest BCUT2D eigenvalue weighted by atomic mass is 10.2. The molecule has 0 unspecified atom stereocenters. The standard InChI is InChI=1S/C18H20N2O4S/c1-20(15-6-4-3-5-7-15)18(21)13-8-11-16(24-2)17(12-13)25(22,23)19-14-9-10-14/h3-8,11-12,14,19H,9-10H2,1-2H3. The molecule has 1 fully saturated rings. The number of amides is 1. The van der Waals surface area contributed by atoms with Crippen LogP contribution in [0.5, 0.6) is 5.75 Å². The summed E-state index contributed by atoms with van der Waals surface area (Å²) in [5.41, 5.74) is 1.01. The Hall–Kier alpha value is -2.38. The number of nitrogens with zero attached hydrogens (tertiary/aromatic N) is 1. The van der Waals surface area contributed by atoms with Crippen LogP contribution in [0.3, 0.4) is 0 Å². The molecule has 1 N–H and O–H groups in total. The van der Waals surface area contributed by atoms with E-state index in [1.807, 2.05) is 30.3 Å². The highest BCUT2D eigenvalue weighted by atomic mass is 32.2. The molecule has 132 valence electrons. The number of methoxy groups -OCH3 is 1. The SMILES string of the molecule is COc1ccc(C(=O)N(C)c2ccccc2)cc1S(=O)(=O)NC1CC1. The number of benzene rings is 2. The Kier molecular flexibility index (Phi) is 4.78. The van der Waals surface area contributed by atoms with Crippen LogP contribution in [0.2, 0.25) is 0 Å². The molecule has 0 saturated heterocycles. The maximum absolute atomic E-state index is 12.7. The van der Waals surface area contributed by atoms with Crippen LogP contribution in [0, 0.1) is 0 Å². The summed E-state index contributed by atoms with van der Waals surface area (Å²) in [5, 5.41) is 0. The number of hydrogen-bond acceptors (Lipinski definition) is 4. The van der Waals surface area contributed by atoms with Gasteiger partial charge in [-0.05, 0) is 43.2 Å². The monoisotopic (exact) mass is 360 g/mol. The van der Waals surface area contributed by atoms with Crippen molar-refractivity contribution in [1.82, 2.24) is 4.72 Å². The van der Waals surface area contributed by atoms with Gasteiger partial charge in [-0.15, -0.1) is 0 Å². The molecule has 6 nitrogen and oxygen atoms in total. The van der Waals surface area contributed by atoms with E-state index in [2.05, 4.69) is 4.72 Å². The molecular formula is C18H20N2O4S. The Morgan fingerprint density at radius 3 is 2.44 bits per heavy atom. The van der Waals surface area contributed by atoms with E-state index < -0.39 is 10.0 Å². The van der Waals surface area contributed by atoms with Gasteiger partial charge < -0.3 is 9.64 Å². The van der Waals surface area contributed by atoms with E-state index in [4.69, 9.17) is 4.74 Å². The van der Waals surface area contributed by atoms with Crippen LogP contribution >= 0.6 is 0 Å². The van der Waals surface area contributed by atoms with Crippen LogP contribution in [0.4, 0.5) is 5.69 Å². The number of rotatable bonds is 6. The van der Waals surface area contributed by atoms with E-state index in [0.717, 1.165) is 18.5 Å². The molecule has 0 atom stereocenters. The van der Waals surface area contributed by atoms with E-state index in [9.17, 15) is 13.2 Å². The molecular weight excluding hydrogens is 340 g/mol. The van der Waals surface area contributed by atoms with Gasteiger partial charge in [-0.2, -0.15) is 0 Å². The number of ether oxygens (including phenoxy) is 1. The molecule has 0 radical (unpaired) electrons. The van der Waals surface area contributed by atoms with Crippen molar-refractivity contribution >= 4 is 21.6 Å². The van der Waals surface area contributed by atoms with Crippen LogP contribution in [0.1, 0.15) is 23.2 Å². The molecule has 3 rings (SSSR count). The highest BCUT2D eigenvalue weighted by molar-refractivity contribution is 7.89. The highest BCUT2D eigenvalue weighted by Crippen LogP contribution is 2.29. The second kappa shape index (κ2) is 6.85. The van der Waals surface area contributed by atoms with Gasteiger partial charge in [0.25, 0.3) is 5.91 Å². The lowest BCUT2D eigenvalue weighted by Crippen LogP contribution is -2.28. The van der Waals surface area contributed by atoms with Crippen LogP contribution in [0.15, 0.2) is 53.4 Å². The van der Waals surface area contributed by atoms with E-state index >= 15 is 0 Å². The minimum absolute atomic E-state index is 0.0192. The second-order valence-corrected chi connectivity index (χ2v) is 7.64. The van der Waals surface area contributed by atoms with Crippen molar-refractivity contribution in [2.75, 3.05) is 19.1 Å². The molecule has 0 aliphatic heterocycles. The predicted molar refractivity (Wildman–Crippen MR) is 95.5 cm³/mol. The Morgan fingerprint density at radius 1 is 1.16 bits per heavy atom. The van der Waals surface area contributed by atoms with Crippen LogP contribution < -0.4 is 14.4 Å². The summed E-state index contributed by atoms with van der Waals surface area (Å²) in [6.07, 6.45) is 1.66. The minimum atomic E-state index is -3.73. The van der Waals surface area contributed by atoms with Gasteiger partial charge in [-0.25, -0.2) is 13.1 Å². The summed E-state index contributed by atoms with van der Waals surface area (Å²) in [5.74, 6) is -0.0798. The molecule has 0 aromatic heterocycles. The zero-order chi connectivity index (χ0) is 18.0. The van der Waals surface area contributed by atoms with Crippen molar-refractivity contribution in [3.05, 3.63) is 54.1 Å². The summed E-state index contributed by atoms with van der Waals surface area (Å²) in [7, 11) is -0.675. The Labute approximate surface area is 147 Å². The van der Waals surface area contributed by atoms with Gasteiger partial charge in [0, 0.05) is 24.3 Å². The van der Waals surface area contributed by atoms with Gasteiger partial charge in [0.2, 0.25) is 10.0 Å². The molecule has 2 aromatic rings. The van der Waals surface area contributed by atoms with Gasteiger partial charge in [0.1, 0.15) is 10.6 Å². The molecule has 1 saturated carbocycles. The fourth-order valence-electron chi connectivity index (χ4n) is 2.47. The average molecular weight is 360 g/mol. The first-order valence-corrected chi connectivity index (χ1v) is 9.44. The smallest absolute Gasteiger partial charge is 0.258 e. The fraction of sp³-hybridized carbons (Fsp3) is 0.278. The molecule has 1 aliphatic carbocycles. The largest absolute Gasteiger partial charge is 0.495 e. The lowest BCUT2D eigenvalue weighted by Gasteiger charge is -2.18. The maximum atomic E-state index is 12.7. The first-order valence-electron chi connectivity index (χ1n) is 7.96. The van der Waals surface area contributed by atoms with Crippen molar-refractivity contribution in [2.45, 2.75) is 23.8 Å². The number of nitrogens with one attached hydrogen (secondary N) is 1. The Balaban J connectivity index is 1.94. The third kappa shape index (κ3) is 3.83. The minimum Gasteiger partial charge on any atom is -0.495 e. The number of sulfonamides is 1. The van der Waals surface area contributed by atoms with Crippen molar-refractivity contribution in [1.29, 1.82) is 0 Å². The predicted octanol–water partition coefficient (Wildman–Crippen LogP) is 2.41. The lowest BCUT2D eigenvalue weighted by molar-refractivity contribution is 0.0992. The second-order valence-electron chi connectivity index (χ2n) is 5.96. The quantitative estimate of drug-likeness (QED) is 0.858. The van der Waals surface area contributed by atoms with Gasteiger partial charge in [-0.1, -0.05) is 18.2 Å². The van der Waals surface area contributed by atoms with E-state index in [1.165, 1.54) is 24.1 Å². The zero-order valence-electron chi connectivity index (χ0n) is 14.1. The topological polar surface area (TPSA) is 75.7 Å². The van der Waals surface area contributed by atoms with Gasteiger partial charge in [0.05, 0.1) is 7.11 Å². The van der Waals surface area contributed by atoms with Gasteiger partial charge in [0.15, 0.2) is 0 Å². The summed E-state index contributed by atoms with van der Waals surface area (Å²) >= 11 is 0. The molecule has 0 bridgehead atoms. The van der Waals surface area contributed by atoms with E-state index in [-0.39, 0.29) is 28.2 Å². The van der Waals surface area contributed by atoms with Gasteiger partial charge in [-0.3, -0.25) is 4.79 Å². The average Bonchev–Trinajstić information content (AvgIpc) is 3.44. The Morgan fingerprint density at radius 2 is 1.84 bits per heavy atom. The van der Waals surface area contributed by atoms with E-state index in [1.54, 1.807) is 13.1 Å². The summed E-state index contributed by atoms with van der Waals surface area (Å²) in [6, 6.07) is 13.6. The highest BCUT2D eigenvalue weighted by Gasteiger charge is 2.30. The number of carbonyl (C=O) groups is 1. The van der Waals surface area contributed by atoms with E-state index in [0.29, 0.717) is 0 Å². The third-order valence-corrected chi connectivity index (χ3v) is 5.59. The third-order valence-electron chi connectivity index (χ3n) is 4.05. The molecule has 1 aliphatic rings. The van der Waals surface area contributed by atoms with Crippen molar-refractivity contribution < 1.29 is 17.9 Å².